The zero-order valence-electron chi connectivity index (χ0n) is 10.6. The summed E-state index contributed by atoms with van der Waals surface area (Å²) < 4.78 is 0.996. The minimum Gasteiger partial charge on any atom is -0.333 e. The summed E-state index contributed by atoms with van der Waals surface area (Å²) in [6, 6.07) is 8.22. The van der Waals surface area contributed by atoms with Crippen molar-refractivity contribution in [3.8, 4) is 0 Å². The second-order valence-electron chi connectivity index (χ2n) is 4.72. The van der Waals surface area contributed by atoms with Crippen LogP contribution in [0.25, 0.3) is 10.9 Å². The molecule has 0 saturated carbocycles. The number of hydrogen-bond acceptors (Lipinski definition) is 4. The number of fused-ring (bicyclic) bond motifs is 1. The van der Waals surface area contributed by atoms with Gasteiger partial charge >= 0.3 is 0 Å². The molecule has 19 heavy (non-hydrogen) atoms. The lowest BCUT2D eigenvalue weighted by molar-refractivity contribution is 0.674. The topological polar surface area (TPSA) is 37.3 Å². The van der Waals surface area contributed by atoms with Crippen molar-refractivity contribution < 1.29 is 0 Å². The lowest BCUT2D eigenvalue weighted by Crippen LogP contribution is -2.18. The maximum Gasteiger partial charge on any atom is 0.161 e. The van der Waals surface area contributed by atoms with Crippen LogP contribution in [0.3, 0.4) is 0 Å². The highest BCUT2D eigenvalue weighted by Crippen LogP contribution is 2.26. The van der Waals surface area contributed by atoms with E-state index in [9.17, 15) is 0 Å². The minimum absolute atomic E-state index is 0.664. The highest BCUT2D eigenvalue weighted by molar-refractivity contribution is 9.10. The van der Waals surface area contributed by atoms with Gasteiger partial charge in [0.2, 0.25) is 0 Å². The molecule has 3 nitrogen and oxygen atoms in total. The average Bonchev–Trinajstić information content (AvgIpc) is 2.41. The fraction of sp³-hybridized carbons (Fsp3) is 0.286. The molecule has 1 unspecified atom stereocenters. The van der Waals surface area contributed by atoms with Gasteiger partial charge in [-0.05, 0) is 34.0 Å². The molecular weight excluding hydrogens is 322 g/mol. The van der Waals surface area contributed by atoms with E-state index in [1.165, 1.54) is 0 Å². The van der Waals surface area contributed by atoms with Crippen molar-refractivity contribution in [1.82, 2.24) is 4.98 Å². The molecule has 0 radical (unpaired) electrons. The molecular formula is C14H14BrN3S. The summed E-state index contributed by atoms with van der Waals surface area (Å²) in [4.78, 5) is 9.05. The van der Waals surface area contributed by atoms with Gasteiger partial charge in [0, 0.05) is 28.4 Å². The lowest BCUT2D eigenvalue weighted by Gasteiger charge is -2.18. The predicted molar refractivity (Wildman–Crippen MR) is 87.0 cm³/mol. The average molecular weight is 336 g/mol. The number of nitrogens with one attached hydrogen (secondary N) is 1. The van der Waals surface area contributed by atoms with E-state index < -0.39 is 0 Å². The number of hydrogen-bond donors (Lipinski definition) is 1. The first-order valence-electron chi connectivity index (χ1n) is 6.21. The van der Waals surface area contributed by atoms with Gasteiger partial charge in [-0.25, -0.2) is 0 Å². The van der Waals surface area contributed by atoms with Crippen LogP contribution in [-0.2, 0) is 0 Å². The number of thioether (sulfide) groups is 1. The minimum atomic E-state index is 0.664. The van der Waals surface area contributed by atoms with Crippen LogP contribution in [0.1, 0.15) is 6.92 Å². The standard InChI is InChI=1S/C14H14BrN3S/c1-9-6-17-14(19-8-9)18-12-4-2-3-10-5-11(15)7-16-13(10)12/h2-5,7,9H,6,8H2,1H3,(H,17,18). The predicted octanol–water partition coefficient (Wildman–Crippen LogP) is 4.15. The Kier molecular flexibility index (Phi) is 3.75. The fourth-order valence-corrected chi connectivity index (χ4v) is 3.23. The first-order valence-corrected chi connectivity index (χ1v) is 7.99. The Labute approximate surface area is 125 Å². The summed E-state index contributed by atoms with van der Waals surface area (Å²) in [6.07, 6.45) is 1.82. The molecule has 98 valence electrons. The summed E-state index contributed by atoms with van der Waals surface area (Å²) in [6.45, 7) is 3.13. The molecule has 0 fully saturated rings. The van der Waals surface area contributed by atoms with Gasteiger partial charge in [0.05, 0.1) is 11.2 Å². The molecule has 1 aliphatic rings. The van der Waals surface area contributed by atoms with Crippen molar-refractivity contribution in [2.24, 2.45) is 10.9 Å². The number of benzene rings is 1. The maximum absolute atomic E-state index is 4.56. The molecule has 1 atom stereocenters. The van der Waals surface area contributed by atoms with Gasteiger partial charge in [0.15, 0.2) is 5.17 Å². The van der Waals surface area contributed by atoms with E-state index in [4.69, 9.17) is 0 Å². The Balaban J connectivity index is 1.93. The van der Waals surface area contributed by atoms with Crippen LogP contribution in [0.4, 0.5) is 5.69 Å². The number of aromatic nitrogens is 1. The van der Waals surface area contributed by atoms with Crippen molar-refractivity contribution in [2.45, 2.75) is 6.92 Å². The number of pyridine rings is 1. The second-order valence-corrected chi connectivity index (χ2v) is 6.64. The molecule has 0 bridgehead atoms. The Hall–Kier alpha value is -1.07. The summed E-state index contributed by atoms with van der Waals surface area (Å²) >= 11 is 5.23. The van der Waals surface area contributed by atoms with Crippen LogP contribution in [0.5, 0.6) is 0 Å². The third kappa shape index (κ3) is 2.92. The van der Waals surface area contributed by atoms with E-state index in [0.717, 1.165) is 38.5 Å². The summed E-state index contributed by atoms with van der Waals surface area (Å²) in [5.41, 5.74) is 2.00. The molecule has 1 aliphatic heterocycles. The molecule has 3 rings (SSSR count). The van der Waals surface area contributed by atoms with E-state index in [1.54, 1.807) is 11.8 Å². The maximum atomic E-state index is 4.56. The first kappa shape index (κ1) is 12.9. The van der Waals surface area contributed by atoms with Gasteiger partial charge in [0.1, 0.15) is 0 Å². The lowest BCUT2D eigenvalue weighted by atomic mass is 10.2. The molecule has 1 aromatic heterocycles. The monoisotopic (exact) mass is 335 g/mol. The molecule has 2 aromatic rings. The summed E-state index contributed by atoms with van der Waals surface area (Å²) in [5.74, 6) is 1.78. The zero-order valence-corrected chi connectivity index (χ0v) is 13.0. The van der Waals surface area contributed by atoms with Crippen molar-refractivity contribution in [3.05, 3.63) is 34.9 Å². The van der Waals surface area contributed by atoms with Crippen molar-refractivity contribution in [1.29, 1.82) is 0 Å². The molecule has 5 heteroatoms. The highest BCUT2D eigenvalue weighted by Gasteiger charge is 2.13. The van der Waals surface area contributed by atoms with Gasteiger partial charge in [-0.15, -0.1) is 0 Å². The molecule has 0 amide bonds. The number of aliphatic imine (C=N–C) groups is 1. The van der Waals surface area contributed by atoms with E-state index >= 15 is 0 Å². The molecule has 2 heterocycles. The number of rotatable bonds is 1. The van der Waals surface area contributed by atoms with Crippen LogP contribution < -0.4 is 5.32 Å². The first-order chi connectivity index (χ1) is 9.22. The van der Waals surface area contributed by atoms with E-state index in [1.807, 2.05) is 18.3 Å². The smallest absolute Gasteiger partial charge is 0.161 e. The fourth-order valence-electron chi connectivity index (χ4n) is 1.98. The number of nitrogens with zero attached hydrogens (tertiary/aromatic N) is 2. The Morgan fingerprint density at radius 2 is 2.32 bits per heavy atom. The Morgan fingerprint density at radius 3 is 3.11 bits per heavy atom. The molecule has 0 spiro atoms. The van der Waals surface area contributed by atoms with E-state index in [2.05, 4.69) is 50.3 Å². The van der Waals surface area contributed by atoms with Crippen LogP contribution in [0.15, 0.2) is 39.9 Å². The van der Waals surface area contributed by atoms with E-state index in [0.29, 0.717) is 5.92 Å². The zero-order chi connectivity index (χ0) is 13.2. The van der Waals surface area contributed by atoms with Crippen molar-refractivity contribution in [3.63, 3.8) is 0 Å². The van der Waals surface area contributed by atoms with Gasteiger partial charge in [-0.2, -0.15) is 0 Å². The second kappa shape index (κ2) is 5.51. The third-order valence-electron chi connectivity index (χ3n) is 2.97. The number of amidine groups is 1. The van der Waals surface area contributed by atoms with Crippen LogP contribution >= 0.6 is 27.7 Å². The molecule has 1 aromatic carbocycles. The van der Waals surface area contributed by atoms with Gasteiger partial charge in [-0.3, -0.25) is 9.98 Å². The Morgan fingerprint density at radius 1 is 1.42 bits per heavy atom. The number of anilines is 1. The molecule has 0 aliphatic carbocycles. The van der Waals surface area contributed by atoms with Crippen LogP contribution in [0, 0.1) is 5.92 Å². The van der Waals surface area contributed by atoms with Gasteiger partial charge in [0.25, 0.3) is 0 Å². The third-order valence-corrected chi connectivity index (χ3v) is 4.64. The summed E-state index contributed by atoms with van der Waals surface area (Å²) in [5, 5.41) is 5.51. The van der Waals surface area contributed by atoms with Crippen LogP contribution in [-0.4, -0.2) is 22.4 Å². The number of para-hydroxylation sites is 1. The van der Waals surface area contributed by atoms with Crippen molar-refractivity contribution in [2.75, 3.05) is 17.6 Å². The normalized spacial score (nSPS) is 19.3. The largest absolute Gasteiger partial charge is 0.333 e. The number of halogens is 1. The van der Waals surface area contributed by atoms with Gasteiger partial charge < -0.3 is 5.32 Å². The molecule has 0 saturated heterocycles. The Bertz CT molecular complexity index is 642. The van der Waals surface area contributed by atoms with Gasteiger partial charge in [-0.1, -0.05) is 30.8 Å². The van der Waals surface area contributed by atoms with E-state index in [-0.39, 0.29) is 0 Å². The SMILES string of the molecule is CC1CN=C(Nc2cccc3cc(Br)cnc23)SC1. The molecule has 1 N–H and O–H groups in total. The van der Waals surface area contributed by atoms with Crippen LogP contribution in [0.2, 0.25) is 0 Å². The summed E-state index contributed by atoms with van der Waals surface area (Å²) in [7, 11) is 0. The quantitative estimate of drug-likeness (QED) is 0.850. The van der Waals surface area contributed by atoms with Crippen molar-refractivity contribution >= 4 is 49.4 Å². The highest BCUT2D eigenvalue weighted by atomic mass is 79.9.